The SMILES string of the molecule is O=[C]c1cccc(C(=O)c2ccc(F)cc2)c1[N+](=O)[O-]. The van der Waals surface area contributed by atoms with Crippen LogP contribution in [0.3, 0.4) is 0 Å². The van der Waals surface area contributed by atoms with Gasteiger partial charge in [-0.3, -0.25) is 19.7 Å². The first-order valence-corrected chi connectivity index (χ1v) is 5.50. The van der Waals surface area contributed by atoms with Crippen molar-refractivity contribution >= 4 is 17.8 Å². The summed E-state index contributed by atoms with van der Waals surface area (Å²) >= 11 is 0. The molecular weight excluding hydrogens is 265 g/mol. The van der Waals surface area contributed by atoms with E-state index in [0.29, 0.717) is 0 Å². The summed E-state index contributed by atoms with van der Waals surface area (Å²) in [5, 5.41) is 11.0. The third kappa shape index (κ3) is 2.44. The number of para-hydroxylation sites is 1. The Labute approximate surface area is 112 Å². The molecule has 2 rings (SSSR count). The van der Waals surface area contributed by atoms with Crippen molar-refractivity contribution in [3.63, 3.8) is 0 Å². The first kappa shape index (κ1) is 13.5. The van der Waals surface area contributed by atoms with E-state index in [1.54, 1.807) is 0 Å². The lowest BCUT2D eigenvalue weighted by atomic mass is 9.99. The fourth-order valence-electron chi connectivity index (χ4n) is 1.76. The molecule has 0 aromatic heterocycles. The van der Waals surface area contributed by atoms with Crippen molar-refractivity contribution in [1.29, 1.82) is 0 Å². The van der Waals surface area contributed by atoms with Gasteiger partial charge in [0, 0.05) is 5.56 Å². The van der Waals surface area contributed by atoms with Crippen LogP contribution in [0.4, 0.5) is 10.1 Å². The highest BCUT2D eigenvalue weighted by molar-refractivity contribution is 6.12. The van der Waals surface area contributed by atoms with E-state index in [1.807, 2.05) is 0 Å². The smallest absolute Gasteiger partial charge is 0.288 e. The highest BCUT2D eigenvalue weighted by atomic mass is 19.1. The highest BCUT2D eigenvalue weighted by Gasteiger charge is 2.25. The zero-order valence-corrected chi connectivity index (χ0v) is 10.00. The van der Waals surface area contributed by atoms with E-state index >= 15 is 0 Å². The summed E-state index contributed by atoms with van der Waals surface area (Å²) in [5.41, 5.74) is -1.04. The minimum absolute atomic E-state index is 0.0950. The Morgan fingerprint density at radius 2 is 1.80 bits per heavy atom. The van der Waals surface area contributed by atoms with Gasteiger partial charge in [-0.2, -0.15) is 0 Å². The molecule has 0 N–H and O–H groups in total. The van der Waals surface area contributed by atoms with Gasteiger partial charge in [0.2, 0.25) is 6.29 Å². The molecule has 0 fully saturated rings. The van der Waals surface area contributed by atoms with Crippen LogP contribution in [0, 0.1) is 15.9 Å². The fourth-order valence-corrected chi connectivity index (χ4v) is 1.76. The van der Waals surface area contributed by atoms with Crippen molar-refractivity contribution in [3.8, 4) is 0 Å². The molecule has 0 heterocycles. The number of rotatable bonds is 4. The maximum absolute atomic E-state index is 12.8. The van der Waals surface area contributed by atoms with Crippen LogP contribution < -0.4 is 0 Å². The number of benzene rings is 2. The van der Waals surface area contributed by atoms with Gasteiger partial charge in [-0.05, 0) is 36.4 Å². The minimum Gasteiger partial charge on any atom is -0.288 e. The molecule has 20 heavy (non-hydrogen) atoms. The first-order chi connectivity index (χ1) is 9.54. The highest BCUT2D eigenvalue weighted by Crippen LogP contribution is 2.25. The molecule has 0 saturated heterocycles. The number of nitro groups is 1. The molecule has 6 heteroatoms. The lowest BCUT2D eigenvalue weighted by molar-refractivity contribution is -0.385. The van der Waals surface area contributed by atoms with Crippen LogP contribution in [0.1, 0.15) is 21.5 Å². The minimum atomic E-state index is -0.809. The van der Waals surface area contributed by atoms with Crippen molar-refractivity contribution < 1.29 is 18.9 Å². The van der Waals surface area contributed by atoms with Crippen molar-refractivity contribution in [1.82, 2.24) is 0 Å². The van der Waals surface area contributed by atoms with Gasteiger partial charge < -0.3 is 0 Å². The molecule has 2 aromatic rings. The summed E-state index contributed by atoms with van der Waals surface area (Å²) in [6.45, 7) is 0. The summed E-state index contributed by atoms with van der Waals surface area (Å²) in [6, 6.07) is 8.39. The van der Waals surface area contributed by atoms with Crippen LogP contribution in [0.5, 0.6) is 0 Å². The summed E-state index contributed by atoms with van der Waals surface area (Å²) in [6.07, 6.45) is 1.43. The normalized spacial score (nSPS) is 10.1. The maximum Gasteiger partial charge on any atom is 0.291 e. The van der Waals surface area contributed by atoms with Gasteiger partial charge in [-0.15, -0.1) is 0 Å². The fraction of sp³-hybridized carbons (Fsp3) is 0. The van der Waals surface area contributed by atoms with E-state index in [4.69, 9.17) is 0 Å². The second kappa shape index (κ2) is 5.40. The molecule has 99 valence electrons. The second-order valence-electron chi connectivity index (χ2n) is 3.90. The van der Waals surface area contributed by atoms with Crippen LogP contribution in [-0.4, -0.2) is 17.0 Å². The molecule has 0 aliphatic carbocycles. The number of nitro benzene ring substituents is 1. The van der Waals surface area contributed by atoms with Gasteiger partial charge in [-0.25, -0.2) is 4.39 Å². The van der Waals surface area contributed by atoms with E-state index in [2.05, 4.69) is 0 Å². The van der Waals surface area contributed by atoms with Gasteiger partial charge in [0.1, 0.15) is 16.9 Å². The number of nitrogens with zero attached hydrogens (tertiary/aromatic N) is 1. The lowest BCUT2D eigenvalue weighted by Crippen LogP contribution is -2.07. The molecule has 5 nitrogen and oxygen atoms in total. The van der Waals surface area contributed by atoms with Gasteiger partial charge in [0.25, 0.3) is 5.69 Å². The number of hydrogen-bond donors (Lipinski definition) is 0. The molecule has 1 radical (unpaired) electrons. The molecule has 0 aliphatic heterocycles. The quantitative estimate of drug-likeness (QED) is 0.486. The average Bonchev–Trinajstić information content (AvgIpc) is 2.46. The Morgan fingerprint density at radius 1 is 1.15 bits per heavy atom. The largest absolute Gasteiger partial charge is 0.291 e. The molecule has 0 aliphatic rings. The van der Waals surface area contributed by atoms with Crippen LogP contribution in [0.2, 0.25) is 0 Å². The summed E-state index contributed by atoms with van der Waals surface area (Å²) in [7, 11) is 0. The van der Waals surface area contributed by atoms with Crippen LogP contribution >= 0.6 is 0 Å². The van der Waals surface area contributed by atoms with E-state index in [0.717, 1.165) is 12.1 Å². The Bertz CT molecular complexity index is 695. The summed E-state index contributed by atoms with van der Waals surface area (Å²) < 4.78 is 12.8. The van der Waals surface area contributed by atoms with Crippen LogP contribution in [-0.2, 0) is 4.79 Å². The molecule has 0 unspecified atom stereocenters. The van der Waals surface area contributed by atoms with E-state index in [-0.39, 0.29) is 16.7 Å². The molecular formula is C14H7FNO4. The zero-order valence-electron chi connectivity index (χ0n) is 10.00. The third-order valence-corrected chi connectivity index (χ3v) is 2.68. The molecule has 0 bridgehead atoms. The van der Waals surface area contributed by atoms with E-state index in [1.165, 1.54) is 36.6 Å². The number of hydrogen-bond acceptors (Lipinski definition) is 4. The summed E-state index contributed by atoms with van der Waals surface area (Å²) in [5.74, 6) is -1.18. The molecule has 0 saturated carbocycles. The molecule has 0 spiro atoms. The van der Waals surface area contributed by atoms with Gasteiger partial charge in [-0.1, -0.05) is 6.07 Å². The van der Waals surface area contributed by atoms with Crippen molar-refractivity contribution in [2.75, 3.05) is 0 Å². The van der Waals surface area contributed by atoms with E-state index in [9.17, 15) is 24.1 Å². The predicted molar refractivity (Wildman–Crippen MR) is 67.7 cm³/mol. The maximum atomic E-state index is 12.8. The molecule has 0 amide bonds. The molecule has 2 aromatic carbocycles. The Morgan fingerprint density at radius 3 is 2.35 bits per heavy atom. The molecule has 0 atom stereocenters. The number of carbonyl (C=O) groups excluding carboxylic acids is 2. The zero-order chi connectivity index (χ0) is 14.7. The van der Waals surface area contributed by atoms with Crippen LogP contribution in [0.25, 0.3) is 0 Å². The topological polar surface area (TPSA) is 77.3 Å². The predicted octanol–water partition coefficient (Wildman–Crippen LogP) is 2.42. The van der Waals surface area contributed by atoms with Gasteiger partial charge in [0.05, 0.1) is 4.92 Å². The number of ketones is 1. The third-order valence-electron chi connectivity index (χ3n) is 2.68. The van der Waals surface area contributed by atoms with Crippen molar-refractivity contribution in [3.05, 3.63) is 75.1 Å². The van der Waals surface area contributed by atoms with Crippen molar-refractivity contribution in [2.24, 2.45) is 0 Å². The standard InChI is InChI=1S/C14H7FNO4/c15-11-6-4-9(5-7-11)14(18)12-3-1-2-10(8-17)13(12)16(19)20/h1-7H. The van der Waals surface area contributed by atoms with Gasteiger partial charge in [0.15, 0.2) is 5.78 Å². The van der Waals surface area contributed by atoms with Crippen LogP contribution in [0.15, 0.2) is 42.5 Å². The van der Waals surface area contributed by atoms with Gasteiger partial charge >= 0.3 is 0 Å². The average molecular weight is 272 g/mol. The van der Waals surface area contributed by atoms with E-state index < -0.39 is 22.2 Å². The summed E-state index contributed by atoms with van der Waals surface area (Å²) in [4.78, 5) is 33.1. The second-order valence-corrected chi connectivity index (χ2v) is 3.90. The monoisotopic (exact) mass is 272 g/mol. The lowest BCUT2D eigenvalue weighted by Gasteiger charge is -2.04. The Balaban J connectivity index is 2.57. The number of carbonyl (C=O) groups is 1. The number of halogens is 1. The Hall–Kier alpha value is -2.89. The first-order valence-electron chi connectivity index (χ1n) is 5.50. The Kier molecular flexibility index (Phi) is 3.65. The van der Waals surface area contributed by atoms with Crippen molar-refractivity contribution in [2.45, 2.75) is 0 Å².